The fourth-order valence-electron chi connectivity index (χ4n) is 6.20. The van der Waals surface area contributed by atoms with E-state index in [1.54, 1.807) is 22.9 Å². The first kappa shape index (κ1) is 33.3. The summed E-state index contributed by atoms with van der Waals surface area (Å²) in [5, 5.41) is 39.9. The van der Waals surface area contributed by atoms with Crippen molar-refractivity contribution in [1.82, 2.24) is 29.4 Å². The molecule has 0 spiro atoms. The molecule has 7 rings (SSSR count). The van der Waals surface area contributed by atoms with Crippen molar-refractivity contribution in [2.45, 2.75) is 52.3 Å². The van der Waals surface area contributed by atoms with Crippen LogP contribution in [-0.4, -0.2) is 65.4 Å². The molecule has 4 N–H and O–H groups in total. The van der Waals surface area contributed by atoms with Gasteiger partial charge in [-0.05, 0) is 60.0 Å². The second kappa shape index (κ2) is 13.6. The highest BCUT2D eigenvalue weighted by Gasteiger charge is 2.25. The van der Waals surface area contributed by atoms with Crippen molar-refractivity contribution in [3.63, 3.8) is 0 Å². The Bertz CT molecular complexity index is 2080. The first-order valence-electron chi connectivity index (χ1n) is 16.5. The smallest absolute Gasteiger partial charge is 0.324 e. The number of hydrogen-bond acceptors (Lipinski definition) is 8. The van der Waals surface area contributed by atoms with Crippen molar-refractivity contribution in [3.05, 3.63) is 100.0 Å². The van der Waals surface area contributed by atoms with Crippen LogP contribution in [0.4, 0.5) is 16.3 Å². The molecule has 0 fully saturated rings. The molecule has 258 valence electrons. The lowest BCUT2D eigenvalue weighted by atomic mass is 9.92. The highest BCUT2D eigenvalue weighted by Crippen LogP contribution is 2.36. The highest BCUT2D eigenvalue weighted by molar-refractivity contribution is 6.30. The second-order valence-corrected chi connectivity index (χ2v) is 13.9. The number of amides is 2. The number of phenols is 1. The first-order chi connectivity index (χ1) is 24.1. The summed E-state index contributed by atoms with van der Waals surface area (Å²) in [6.07, 6.45) is 4.77. The number of hydrogen-bond donors (Lipinski definition) is 4. The Morgan fingerprint density at radius 2 is 1.84 bits per heavy atom. The summed E-state index contributed by atoms with van der Waals surface area (Å²) in [5.74, 6) is 2.84. The van der Waals surface area contributed by atoms with Crippen LogP contribution in [0.2, 0.25) is 5.02 Å². The minimum absolute atomic E-state index is 0.0489. The number of halogens is 1. The van der Waals surface area contributed by atoms with Gasteiger partial charge in [-0.25, -0.2) is 9.48 Å². The van der Waals surface area contributed by atoms with Crippen LogP contribution in [0, 0.1) is 0 Å². The maximum atomic E-state index is 13.4. The van der Waals surface area contributed by atoms with E-state index in [1.807, 2.05) is 53.1 Å². The number of nitrogens with zero attached hydrogens (tertiary/aromatic N) is 6. The topological polar surface area (TPSA) is 143 Å². The lowest BCUT2D eigenvalue weighted by Gasteiger charge is -2.27. The van der Waals surface area contributed by atoms with E-state index in [2.05, 4.69) is 52.6 Å². The number of ether oxygens (including phenoxy) is 1. The molecule has 13 heteroatoms. The van der Waals surface area contributed by atoms with Crippen molar-refractivity contribution < 1.29 is 19.7 Å². The third-order valence-electron chi connectivity index (χ3n) is 8.95. The normalized spacial score (nSPS) is 14.0. The van der Waals surface area contributed by atoms with Crippen LogP contribution < -0.4 is 15.4 Å². The van der Waals surface area contributed by atoms with Gasteiger partial charge >= 0.3 is 6.03 Å². The maximum Gasteiger partial charge on any atom is 0.324 e. The van der Waals surface area contributed by atoms with Gasteiger partial charge in [-0.3, -0.25) is 10.2 Å². The van der Waals surface area contributed by atoms with Gasteiger partial charge in [0.2, 0.25) is 0 Å². The molecule has 0 bridgehead atoms. The van der Waals surface area contributed by atoms with E-state index < -0.39 is 0 Å². The lowest BCUT2D eigenvalue weighted by Crippen LogP contribution is -2.36. The molecule has 3 aromatic carbocycles. The molecule has 2 aromatic heterocycles. The fraction of sp³-hybridized carbons (Fsp3) is 0.297. The van der Waals surface area contributed by atoms with Gasteiger partial charge in [0.15, 0.2) is 5.82 Å². The first-order valence-corrected chi connectivity index (χ1v) is 16.9. The molecule has 1 aliphatic heterocycles. The molecule has 2 amide bonds. The summed E-state index contributed by atoms with van der Waals surface area (Å²) in [6.45, 7) is 9.41. The van der Waals surface area contributed by atoms with Gasteiger partial charge in [-0.15, -0.1) is 10.2 Å². The quantitative estimate of drug-likeness (QED) is 0.139. The monoisotopic (exact) mass is 694 g/mol. The lowest BCUT2D eigenvalue weighted by molar-refractivity contribution is 0.175. The van der Waals surface area contributed by atoms with Crippen LogP contribution in [-0.2, 0) is 31.5 Å². The Morgan fingerprint density at radius 1 is 1.02 bits per heavy atom. The molecule has 12 nitrogen and oxygen atoms in total. The minimum Gasteiger partial charge on any atom is -0.507 e. The maximum absolute atomic E-state index is 13.4. The van der Waals surface area contributed by atoms with E-state index in [-0.39, 0.29) is 23.8 Å². The molecule has 2 aliphatic rings. The summed E-state index contributed by atoms with van der Waals surface area (Å²) in [7, 11) is 0. The van der Waals surface area contributed by atoms with E-state index in [4.69, 9.17) is 21.4 Å². The van der Waals surface area contributed by atoms with Gasteiger partial charge < -0.3 is 24.8 Å². The third-order valence-corrected chi connectivity index (χ3v) is 9.19. The Hall–Kier alpha value is -5.17. The number of aromatic hydroxyl groups is 1. The number of aliphatic hydroxyl groups excluding tert-OH is 1. The molecular formula is C37H39ClN8O4. The van der Waals surface area contributed by atoms with Crippen LogP contribution in [0.5, 0.6) is 11.5 Å². The van der Waals surface area contributed by atoms with Crippen LogP contribution in [0.15, 0.2) is 66.7 Å². The molecule has 0 unspecified atom stereocenters. The minimum atomic E-state index is -0.381. The summed E-state index contributed by atoms with van der Waals surface area (Å²) in [6, 6.07) is 17.6. The second-order valence-electron chi connectivity index (χ2n) is 13.5. The Labute approximate surface area is 295 Å². The van der Waals surface area contributed by atoms with Crippen LogP contribution >= 0.6 is 11.6 Å². The predicted octanol–water partition coefficient (Wildman–Crippen LogP) is 6.39. The zero-order chi connectivity index (χ0) is 35.0. The Balaban J connectivity index is 0.993. The highest BCUT2D eigenvalue weighted by atomic mass is 35.5. The molecule has 0 saturated heterocycles. The molecule has 3 heterocycles. The summed E-state index contributed by atoms with van der Waals surface area (Å²) in [4.78, 5) is 15.6. The van der Waals surface area contributed by atoms with Crippen LogP contribution in [0.3, 0.4) is 0 Å². The predicted molar refractivity (Wildman–Crippen MR) is 193 cm³/mol. The summed E-state index contributed by atoms with van der Waals surface area (Å²) >= 11 is 6.16. The number of benzene rings is 3. The number of nitrogens with one attached hydrogen (secondary N) is 2. The third kappa shape index (κ3) is 6.82. The zero-order valence-electron chi connectivity index (χ0n) is 28.2. The van der Waals surface area contributed by atoms with Gasteiger partial charge in [-0.2, -0.15) is 5.10 Å². The van der Waals surface area contributed by atoms with Crippen molar-refractivity contribution in [2.24, 2.45) is 0 Å². The zero-order valence-corrected chi connectivity index (χ0v) is 28.9. The van der Waals surface area contributed by atoms with Gasteiger partial charge in [0.05, 0.1) is 30.1 Å². The van der Waals surface area contributed by atoms with Gasteiger partial charge in [0, 0.05) is 47.4 Å². The SMILES string of the molecule is CC(C)(C)c1cc(NC(=O)Nc2ccc(OCCN3CCn4c(nnc4-c4cc(Cl)ccc4O)C3)c3c2CC=C3)n(-c2ccc(CO)cc2)n1. The van der Waals surface area contributed by atoms with E-state index in [0.717, 1.165) is 46.2 Å². The fourth-order valence-corrected chi connectivity index (χ4v) is 6.37. The number of allylic oxidation sites excluding steroid dienone is 1. The summed E-state index contributed by atoms with van der Waals surface area (Å²) in [5.41, 5.74) is 5.39. The Kier molecular flexibility index (Phi) is 9.08. The van der Waals surface area contributed by atoms with Gasteiger partial charge in [0.1, 0.15) is 29.7 Å². The average molecular weight is 695 g/mol. The summed E-state index contributed by atoms with van der Waals surface area (Å²) < 4.78 is 10.0. The largest absolute Gasteiger partial charge is 0.507 e. The number of urea groups is 1. The molecule has 50 heavy (non-hydrogen) atoms. The molecule has 0 atom stereocenters. The van der Waals surface area contributed by atoms with Crippen molar-refractivity contribution in [1.29, 1.82) is 0 Å². The average Bonchev–Trinajstić information content (AvgIpc) is 3.86. The number of rotatable bonds is 9. The van der Waals surface area contributed by atoms with E-state index in [9.17, 15) is 15.0 Å². The van der Waals surface area contributed by atoms with Crippen molar-refractivity contribution in [3.8, 4) is 28.6 Å². The molecular weight excluding hydrogens is 656 g/mol. The van der Waals surface area contributed by atoms with E-state index in [1.165, 1.54) is 0 Å². The van der Waals surface area contributed by atoms with Crippen molar-refractivity contribution in [2.75, 3.05) is 30.3 Å². The van der Waals surface area contributed by atoms with E-state index in [0.29, 0.717) is 60.6 Å². The molecule has 5 aromatic rings. The van der Waals surface area contributed by atoms with Crippen LogP contribution in [0.25, 0.3) is 23.2 Å². The number of phenolic OH excluding ortho intramolecular Hbond substituents is 1. The number of aliphatic hydroxyl groups is 1. The van der Waals surface area contributed by atoms with Crippen molar-refractivity contribution >= 4 is 35.2 Å². The van der Waals surface area contributed by atoms with E-state index >= 15 is 0 Å². The standard InChI is InChI=1S/C37H39ClN8O4/c1-37(2,3)32-20-33(46(43-32)25-10-7-23(22-47)8-11-25)40-36(49)39-29-12-14-31(27-6-4-5-26(27)29)50-18-17-44-15-16-45-34(21-44)41-42-35(45)28-19-24(38)9-13-30(28)48/h4,6-14,19-20,47-48H,5,15-18,21-22H2,1-3H3,(H2,39,40,49). The molecule has 1 aliphatic carbocycles. The van der Waals surface area contributed by atoms with Crippen LogP contribution in [0.1, 0.15) is 49.0 Å². The Morgan fingerprint density at radius 3 is 2.62 bits per heavy atom. The molecule has 0 radical (unpaired) electrons. The molecule has 0 saturated carbocycles. The van der Waals surface area contributed by atoms with Gasteiger partial charge in [-0.1, -0.05) is 56.7 Å². The number of carbonyl (C=O) groups is 1. The number of aromatic nitrogens is 5. The number of fused-ring (bicyclic) bond motifs is 2. The van der Waals surface area contributed by atoms with Gasteiger partial charge in [0.25, 0.3) is 0 Å². The number of carbonyl (C=O) groups excluding carboxylic acids is 1. The number of anilines is 2.